The fraction of sp³-hybridized carbons (Fsp3) is 0. The molecule has 0 amide bonds. The highest BCUT2D eigenvalue weighted by Gasteiger charge is 2.19. The summed E-state index contributed by atoms with van der Waals surface area (Å²) in [7, 11) is -4.16. The van der Waals surface area contributed by atoms with E-state index < -0.39 is 15.0 Å². The number of nitro groups is 1. The zero-order chi connectivity index (χ0) is 15.6. The Morgan fingerprint density at radius 2 is 1.67 bits per heavy atom. The van der Waals surface area contributed by atoms with Crippen molar-refractivity contribution < 1.29 is 17.5 Å². The van der Waals surface area contributed by atoms with Crippen molar-refractivity contribution in [2.75, 3.05) is 0 Å². The van der Waals surface area contributed by atoms with Gasteiger partial charge in [-0.3, -0.25) is 10.1 Å². The topological polar surface area (TPSA) is 86.5 Å². The molecule has 0 saturated heterocycles. The minimum Gasteiger partial charge on any atom is -0.377 e. The zero-order valence-corrected chi connectivity index (χ0v) is 12.5. The average molecular weight is 348 g/mol. The number of hydrogen-bond donors (Lipinski definition) is 0. The van der Waals surface area contributed by atoms with Gasteiger partial charge in [-0.1, -0.05) is 23.2 Å². The minimum absolute atomic E-state index is 0.0740. The van der Waals surface area contributed by atoms with Crippen LogP contribution in [0.3, 0.4) is 0 Å². The van der Waals surface area contributed by atoms with Crippen molar-refractivity contribution in [3.8, 4) is 5.75 Å². The van der Waals surface area contributed by atoms with E-state index in [9.17, 15) is 18.5 Å². The van der Waals surface area contributed by atoms with Crippen molar-refractivity contribution in [2.45, 2.75) is 4.90 Å². The van der Waals surface area contributed by atoms with E-state index in [-0.39, 0.29) is 26.4 Å². The third-order valence-corrected chi connectivity index (χ3v) is 4.22. The Morgan fingerprint density at radius 3 is 2.24 bits per heavy atom. The van der Waals surface area contributed by atoms with Crippen molar-refractivity contribution in [2.24, 2.45) is 0 Å². The Bertz CT molecular complexity index is 790. The smallest absolute Gasteiger partial charge is 0.339 e. The van der Waals surface area contributed by atoms with Gasteiger partial charge in [0.25, 0.3) is 5.69 Å². The van der Waals surface area contributed by atoms with Gasteiger partial charge >= 0.3 is 10.1 Å². The van der Waals surface area contributed by atoms with Crippen LogP contribution >= 0.6 is 23.2 Å². The fourth-order valence-corrected chi connectivity index (χ4v) is 2.75. The molecule has 2 aromatic rings. The summed E-state index contributed by atoms with van der Waals surface area (Å²) in [6.45, 7) is 0. The van der Waals surface area contributed by atoms with Crippen LogP contribution in [0.4, 0.5) is 5.69 Å². The third-order valence-electron chi connectivity index (χ3n) is 2.43. The van der Waals surface area contributed by atoms with E-state index in [1.54, 1.807) is 0 Å². The van der Waals surface area contributed by atoms with Crippen LogP contribution in [-0.2, 0) is 10.1 Å². The summed E-state index contributed by atoms with van der Waals surface area (Å²) in [4.78, 5) is 9.66. The van der Waals surface area contributed by atoms with Crippen LogP contribution in [0.1, 0.15) is 0 Å². The molecule has 2 rings (SSSR count). The lowest BCUT2D eigenvalue weighted by atomic mass is 10.3. The van der Waals surface area contributed by atoms with Crippen molar-refractivity contribution in [3.05, 3.63) is 62.6 Å². The molecule has 0 aliphatic carbocycles. The van der Waals surface area contributed by atoms with Crippen LogP contribution in [0, 0.1) is 10.1 Å². The summed E-state index contributed by atoms with van der Waals surface area (Å²) in [6, 6.07) is 8.41. The first-order valence-electron chi connectivity index (χ1n) is 5.43. The van der Waals surface area contributed by atoms with Gasteiger partial charge in [-0.2, -0.15) is 8.42 Å². The highest BCUT2D eigenvalue weighted by Crippen LogP contribution is 2.30. The van der Waals surface area contributed by atoms with E-state index in [2.05, 4.69) is 0 Å². The van der Waals surface area contributed by atoms with Crippen LogP contribution in [0.15, 0.2) is 47.4 Å². The van der Waals surface area contributed by atoms with Gasteiger partial charge in [-0.25, -0.2) is 0 Å². The molecule has 0 aliphatic rings. The Kier molecular flexibility index (Phi) is 4.36. The SMILES string of the molecule is O=[N+]([O-])c1ccc(S(=O)(=O)Oc2cc(Cl)ccc2Cl)cc1. The highest BCUT2D eigenvalue weighted by atomic mass is 35.5. The standard InChI is InChI=1S/C12H7Cl2NO5S/c13-8-1-6-11(14)12(7-8)20-21(18,19)10-4-2-9(3-5-10)15(16)17/h1-7H. The van der Waals surface area contributed by atoms with Crippen LogP contribution in [0.2, 0.25) is 10.0 Å². The molecule has 21 heavy (non-hydrogen) atoms. The number of halogens is 2. The number of non-ortho nitro benzene ring substituents is 1. The molecule has 0 atom stereocenters. The van der Waals surface area contributed by atoms with Crippen LogP contribution in [0.5, 0.6) is 5.75 Å². The number of rotatable bonds is 4. The molecule has 9 heteroatoms. The summed E-state index contributed by atoms with van der Waals surface area (Å²) >= 11 is 11.6. The second-order valence-corrected chi connectivity index (χ2v) is 6.25. The van der Waals surface area contributed by atoms with E-state index in [0.717, 1.165) is 24.3 Å². The predicted octanol–water partition coefficient (Wildman–Crippen LogP) is 3.67. The molecule has 0 N–H and O–H groups in total. The quantitative estimate of drug-likeness (QED) is 0.478. The third kappa shape index (κ3) is 3.63. The summed E-state index contributed by atoms with van der Waals surface area (Å²) < 4.78 is 29.0. The zero-order valence-electron chi connectivity index (χ0n) is 10.2. The molecule has 6 nitrogen and oxygen atoms in total. The molecule has 110 valence electrons. The van der Waals surface area contributed by atoms with Gasteiger partial charge in [-0.15, -0.1) is 0 Å². The van der Waals surface area contributed by atoms with Gasteiger partial charge < -0.3 is 4.18 Å². The minimum atomic E-state index is -4.16. The normalized spacial score (nSPS) is 11.1. The van der Waals surface area contributed by atoms with Crippen LogP contribution < -0.4 is 4.18 Å². The van der Waals surface area contributed by atoms with Crippen molar-refractivity contribution in [3.63, 3.8) is 0 Å². The van der Waals surface area contributed by atoms with E-state index in [1.807, 2.05) is 0 Å². The molecular weight excluding hydrogens is 341 g/mol. The lowest BCUT2D eigenvalue weighted by molar-refractivity contribution is -0.384. The fourth-order valence-electron chi connectivity index (χ4n) is 1.44. The molecule has 2 aromatic carbocycles. The van der Waals surface area contributed by atoms with E-state index in [0.29, 0.717) is 0 Å². The highest BCUT2D eigenvalue weighted by molar-refractivity contribution is 7.87. The van der Waals surface area contributed by atoms with Gasteiger partial charge in [0.2, 0.25) is 0 Å². The van der Waals surface area contributed by atoms with Gasteiger partial charge in [0, 0.05) is 23.2 Å². The maximum atomic E-state index is 12.1. The van der Waals surface area contributed by atoms with Gasteiger partial charge in [0.05, 0.1) is 9.95 Å². The summed E-state index contributed by atoms with van der Waals surface area (Å²) in [5.41, 5.74) is -0.227. The van der Waals surface area contributed by atoms with E-state index >= 15 is 0 Å². The number of nitrogens with zero attached hydrogens (tertiary/aromatic N) is 1. The van der Waals surface area contributed by atoms with Gasteiger partial charge in [-0.05, 0) is 24.3 Å². The first-order chi connectivity index (χ1) is 9.79. The lowest BCUT2D eigenvalue weighted by Gasteiger charge is -2.08. The summed E-state index contributed by atoms with van der Waals surface area (Å²) in [6.07, 6.45) is 0. The Hall–Kier alpha value is -1.83. The molecule has 0 saturated carbocycles. The Morgan fingerprint density at radius 1 is 1.05 bits per heavy atom. The molecule has 0 unspecified atom stereocenters. The van der Waals surface area contributed by atoms with Crippen LogP contribution in [-0.4, -0.2) is 13.3 Å². The van der Waals surface area contributed by atoms with Crippen molar-refractivity contribution in [1.29, 1.82) is 0 Å². The molecule has 0 aliphatic heterocycles. The predicted molar refractivity (Wildman–Crippen MR) is 77.4 cm³/mol. The van der Waals surface area contributed by atoms with Crippen LogP contribution in [0.25, 0.3) is 0 Å². The van der Waals surface area contributed by atoms with Gasteiger partial charge in [0.1, 0.15) is 4.90 Å². The molecule has 0 radical (unpaired) electrons. The summed E-state index contributed by atoms with van der Waals surface area (Å²) in [5, 5.41) is 10.9. The first kappa shape index (κ1) is 15.6. The second kappa shape index (κ2) is 5.88. The molecule has 0 bridgehead atoms. The monoisotopic (exact) mass is 347 g/mol. The first-order valence-corrected chi connectivity index (χ1v) is 7.60. The van der Waals surface area contributed by atoms with Crippen molar-refractivity contribution >= 4 is 39.0 Å². The van der Waals surface area contributed by atoms with E-state index in [4.69, 9.17) is 27.4 Å². The number of nitro benzene ring substituents is 1. The van der Waals surface area contributed by atoms with Gasteiger partial charge in [0.15, 0.2) is 5.75 Å². The largest absolute Gasteiger partial charge is 0.377 e. The molecule has 0 heterocycles. The average Bonchev–Trinajstić information content (AvgIpc) is 2.43. The number of benzene rings is 2. The van der Waals surface area contributed by atoms with E-state index in [1.165, 1.54) is 18.2 Å². The maximum absolute atomic E-state index is 12.1. The Balaban J connectivity index is 2.34. The van der Waals surface area contributed by atoms with Crippen molar-refractivity contribution in [1.82, 2.24) is 0 Å². The molecule has 0 fully saturated rings. The maximum Gasteiger partial charge on any atom is 0.339 e. The second-order valence-electron chi connectivity index (χ2n) is 3.86. The molecule has 0 spiro atoms. The Labute approximate surface area is 130 Å². The summed E-state index contributed by atoms with van der Waals surface area (Å²) in [5.74, 6) is -0.123. The lowest BCUT2D eigenvalue weighted by Crippen LogP contribution is -2.10. The number of hydrogen-bond acceptors (Lipinski definition) is 5. The molecular formula is C12H7Cl2NO5S. The molecule has 0 aromatic heterocycles.